The van der Waals surface area contributed by atoms with Crippen LogP contribution in [0, 0.1) is 0 Å². The molecule has 90 valence electrons. The maximum atomic E-state index is 6.10. The van der Waals surface area contributed by atoms with E-state index in [1.807, 2.05) is 22.8 Å². The zero-order chi connectivity index (χ0) is 12.6. The topological polar surface area (TPSA) is 43.8 Å². The molecule has 0 bridgehead atoms. The maximum absolute atomic E-state index is 6.10. The molecule has 0 aliphatic carbocycles. The molecule has 17 heavy (non-hydrogen) atoms. The number of rotatable bonds is 2. The monoisotopic (exact) mass is 357 g/mol. The minimum Gasteiger partial charge on any atom is -0.383 e. The van der Waals surface area contributed by atoms with Crippen LogP contribution in [0.2, 0.25) is 0 Å². The van der Waals surface area contributed by atoms with Gasteiger partial charge in [-0.3, -0.25) is 0 Å². The molecule has 1 heterocycles. The van der Waals surface area contributed by atoms with E-state index in [9.17, 15) is 0 Å². The second kappa shape index (κ2) is 4.82. The fourth-order valence-electron chi connectivity index (χ4n) is 1.65. The lowest BCUT2D eigenvalue weighted by Gasteiger charge is -2.09. The average molecular weight is 359 g/mol. The molecule has 2 rings (SSSR count). The normalized spacial score (nSPS) is 11.1. The van der Waals surface area contributed by atoms with Crippen molar-refractivity contribution in [3.63, 3.8) is 0 Å². The highest BCUT2D eigenvalue weighted by molar-refractivity contribution is 9.13. The van der Waals surface area contributed by atoms with Crippen LogP contribution in [-0.2, 0) is 0 Å². The molecule has 0 saturated carbocycles. The van der Waals surface area contributed by atoms with Gasteiger partial charge in [0.2, 0.25) is 0 Å². The first-order valence-electron chi connectivity index (χ1n) is 5.28. The SMILES string of the molecule is CC(C)n1cnc(-c2ccc(Br)c(Br)c2)c1N. The summed E-state index contributed by atoms with van der Waals surface area (Å²) in [4.78, 5) is 4.38. The van der Waals surface area contributed by atoms with Crippen molar-refractivity contribution in [1.29, 1.82) is 0 Å². The van der Waals surface area contributed by atoms with Crippen molar-refractivity contribution in [3.05, 3.63) is 33.5 Å². The number of hydrogen-bond acceptors (Lipinski definition) is 2. The fourth-order valence-corrected chi connectivity index (χ4v) is 2.27. The number of nitrogens with two attached hydrogens (primary N) is 1. The zero-order valence-corrected chi connectivity index (χ0v) is 12.8. The summed E-state index contributed by atoms with van der Waals surface area (Å²) in [5.74, 6) is 0.703. The Bertz CT molecular complexity index is 547. The van der Waals surface area contributed by atoms with Gasteiger partial charge in [0, 0.05) is 20.6 Å². The van der Waals surface area contributed by atoms with Gasteiger partial charge in [-0.15, -0.1) is 0 Å². The smallest absolute Gasteiger partial charge is 0.131 e. The molecule has 0 radical (unpaired) electrons. The van der Waals surface area contributed by atoms with E-state index in [1.54, 1.807) is 6.33 Å². The maximum Gasteiger partial charge on any atom is 0.131 e. The highest BCUT2D eigenvalue weighted by Crippen LogP contribution is 2.31. The first-order valence-corrected chi connectivity index (χ1v) is 6.87. The van der Waals surface area contributed by atoms with Crippen molar-refractivity contribution in [2.24, 2.45) is 0 Å². The molecule has 0 aliphatic heterocycles. The number of benzene rings is 1. The van der Waals surface area contributed by atoms with Crippen molar-refractivity contribution < 1.29 is 0 Å². The minimum atomic E-state index is 0.315. The summed E-state index contributed by atoms with van der Waals surface area (Å²) in [7, 11) is 0. The third kappa shape index (κ3) is 2.40. The number of halogens is 2. The van der Waals surface area contributed by atoms with Crippen molar-refractivity contribution in [1.82, 2.24) is 9.55 Å². The molecule has 0 saturated heterocycles. The Hall–Kier alpha value is -0.810. The van der Waals surface area contributed by atoms with Gasteiger partial charge in [-0.25, -0.2) is 4.98 Å². The summed E-state index contributed by atoms with van der Waals surface area (Å²) >= 11 is 6.93. The number of nitrogen functional groups attached to an aromatic ring is 1. The van der Waals surface area contributed by atoms with Gasteiger partial charge >= 0.3 is 0 Å². The summed E-state index contributed by atoms with van der Waals surface area (Å²) in [6, 6.07) is 6.30. The third-order valence-corrected chi connectivity index (χ3v) is 4.46. The first kappa shape index (κ1) is 12.6. The second-order valence-electron chi connectivity index (χ2n) is 4.11. The van der Waals surface area contributed by atoms with Crippen molar-refractivity contribution in [3.8, 4) is 11.3 Å². The Morgan fingerprint density at radius 1 is 1.24 bits per heavy atom. The van der Waals surface area contributed by atoms with Gasteiger partial charge in [0.15, 0.2) is 0 Å². The van der Waals surface area contributed by atoms with Crippen molar-refractivity contribution >= 4 is 37.7 Å². The predicted molar refractivity (Wildman–Crippen MR) is 77.9 cm³/mol. The number of hydrogen-bond donors (Lipinski definition) is 1. The Labute approximate surface area is 117 Å². The number of aromatic nitrogens is 2. The van der Waals surface area contributed by atoms with Gasteiger partial charge in [0.1, 0.15) is 11.5 Å². The lowest BCUT2D eigenvalue weighted by Crippen LogP contribution is -2.04. The third-order valence-electron chi connectivity index (χ3n) is 2.58. The molecule has 1 aromatic carbocycles. The van der Waals surface area contributed by atoms with Gasteiger partial charge in [-0.1, -0.05) is 6.07 Å². The van der Waals surface area contributed by atoms with Gasteiger partial charge < -0.3 is 10.3 Å². The van der Waals surface area contributed by atoms with E-state index in [0.717, 1.165) is 20.2 Å². The van der Waals surface area contributed by atoms with E-state index in [0.29, 0.717) is 11.9 Å². The molecule has 1 aromatic heterocycles. The molecule has 2 N–H and O–H groups in total. The summed E-state index contributed by atoms with van der Waals surface area (Å²) in [5, 5.41) is 0. The zero-order valence-electron chi connectivity index (χ0n) is 9.61. The molecular formula is C12H13Br2N3. The molecule has 0 atom stereocenters. The summed E-state index contributed by atoms with van der Waals surface area (Å²) in [5.41, 5.74) is 7.93. The quantitative estimate of drug-likeness (QED) is 0.872. The van der Waals surface area contributed by atoms with Crippen LogP contribution in [0.4, 0.5) is 5.82 Å². The summed E-state index contributed by atoms with van der Waals surface area (Å²) in [6.45, 7) is 4.17. The van der Waals surface area contributed by atoms with Crippen LogP contribution in [0.1, 0.15) is 19.9 Å². The van der Waals surface area contributed by atoms with E-state index in [4.69, 9.17) is 5.73 Å². The van der Waals surface area contributed by atoms with E-state index in [2.05, 4.69) is 50.7 Å². The molecule has 0 amide bonds. The lowest BCUT2D eigenvalue weighted by molar-refractivity contribution is 0.607. The highest BCUT2D eigenvalue weighted by atomic mass is 79.9. The molecule has 0 spiro atoms. The minimum absolute atomic E-state index is 0.315. The van der Waals surface area contributed by atoms with Crippen LogP contribution in [-0.4, -0.2) is 9.55 Å². The first-order chi connectivity index (χ1) is 8.00. The Morgan fingerprint density at radius 3 is 2.47 bits per heavy atom. The van der Waals surface area contributed by atoms with Gasteiger partial charge in [0.25, 0.3) is 0 Å². The largest absolute Gasteiger partial charge is 0.383 e. The predicted octanol–water partition coefficient (Wildman–Crippen LogP) is 4.24. The number of anilines is 1. The van der Waals surface area contributed by atoms with Crippen LogP contribution in [0.5, 0.6) is 0 Å². The molecular weight excluding hydrogens is 346 g/mol. The number of nitrogens with zero attached hydrogens (tertiary/aromatic N) is 2. The van der Waals surface area contributed by atoms with E-state index in [-0.39, 0.29) is 0 Å². The lowest BCUT2D eigenvalue weighted by atomic mass is 10.1. The Balaban J connectivity index is 2.50. The second-order valence-corrected chi connectivity index (χ2v) is 5.82. The summed E-state index contributed by atoms with van der Waals surface area (Å²) in [6.07, 6.45) is 1.78. The molecule has 0 fully saturated rings. The van der Waals surface area contributed by atoms with Crippen LogP contribution in [0.15, 0.2) is 33.5 Å². The van der Waals surface area contributed by atoms with Gasteiger partial charge in [0.05, 0.1) is 6.33 Å². The molecule has 2 aromatic rings. The summed E-state index contributed by atoms with van der Waals surface area (Å²) < 4.78 is 3.97. The van der Waals surface area contributed by atoms with E-state index < -0.39 is 0 Å². The molecule has 0 aliphatic rings. The Kier molecular flexibility index (Phi) is 3.58. The van der Waals surface area contributed by atoms with E-state index >= 15 is 0 Å². The van der Waals surface area contributed by atoms with Crippen LogP contribution < -0.4 is 5.73 Å². The van der Waals surface area contributed by atoms with Crippen molar-refractivity contribution in [2.45, 2.75) is 19.9 Å². The van der Waals surface area contributed by atoms with Crippen LogP contribution in [0.3, 0.4) is 0 Å². The van der Waals surface area contributed by atoms with Crippen LogP contribution >= 0.6 is 31.9 Å². The van der Waals surface area contributed by atoms with Gasteiger partial charge in [-0.05, 0) is 57.8 Å². The van der Waals surface area contributed by atoms with Gasteiger partial charge in [-0.2, -0.15) is 0 Å². The Morgan fingerprint density at radius 2 is 1.94 bits per heavy atom. The van der Waals surface area contributed by atoms with Crippen molar-refractivity contribution in [2.75, 3.05) is 5.73 Å². The highest BCUT2D eigenvalue weighted by Gasteiger charge is 2.12. The fraction of sp³-hybridized carbons (Fsp3) is 0.250. The number of imidazole rings is 1. The van der Waals surface area contributed by atoms with Crippen LogP contribution in [0.25, 0.3) is 11.3 Å². The van der Waals surface area contributed by atoms with E-state index in [1.165, 1.54) is 0 Å². The average Bonchev–Trinajstić information content (AvgIpc) is 2.64. The molecule has 5 heteroatoms. The molecule has 0 unspecified atom stereocenters. The molecule has 3 nitrogen and oxygen atoms in total. The standard InChI is InChI=1S/C12H13Br2N3/c1-7(2)17-6-16-11(12(17)15)8-3-4-9(13)10(14)5-8/h3-7H,15H2,1-2H3.